The lowest BCUT2D eigenvalue weighted by molar-refractivity contribution is 0.312. The molecule has 3 N–H and O–H groups in total. The number of nitrogens with one attached hydrogen (secondary N) is 1. The van der Waals surface area contributed by atoms with Crippen LogP contribution in [0.15, 0.2) is 18.3 Å². The van der Waals surface area contributed by atoms with Crippen LogP contribution in [0.1, 0.15) is 0 Å². The van der Waals surface area contributed by atoms with Crippen LogP contribution in [-0.2, 0) is 0 Å². The van der Waals surface area contributed by atoms with Crippen molar-refractivity contribution in [2.45, 2.75) is 0 Å². The fourth-order valence-corrected chi connectivity index (χ4v) is 2.19. The molecule has 0 spiro atoms. The van der Waals surface area contributed by atoms with Gasteiger partial charge in [0.05, 0.1) is 11.4 Å². The van der Waals surface area contributed by atoms with E-state index in [4.69, 9.17) is 5.73 Å². The summed E-state index contributed by atoms with van der Waals surface area (Å²) >= 11 is 0. The molecule has 19 heavy (non-hydrogen) atoms. The molecule has 0 radical (unpaired) electrons. The Morgan fingerprint density at radius 2 is 2.00 bits per heavy atom. The molecule has 1 fully saturated rings. The van der Waals surface area contributed by atoms with E-state index in [1.807, 2.05) is 12.1 Å². The summed E-state index contributed by atoms with van der Waals surface area (Å²) in [5.41, 5.74) is 7.43. The Kier molecular flexibility index (Phi) is 3.04. The molecule has 3 heterocycles. The zero-order valence-electron chi connectivity index (χ0n) is 10.9. The number of nitrogens with zero attached hydrogens (tertiary/aromatic N) is 5. The summed E-state index contributed by atoms with van der Waals surface area (Å²) in [6.45, 7) is 3.97. The zero-order chi connectivity index (χ0) is 13.2. The first-order chi connectivity index (χ1) is 9.22. The van der Waals surface area contributed by atoms with Crippen molar-refractivity contribution in [1.82, 2.24) is 25.1 Å². The number of aromatic nitrogens is 4. The lowest BCUT2D eigenvalue weighted by Gasteiger charge is -2.33. The largest absolute Gasteiger partial charge is 0.368 e. The van der Waals surface area contributed by atoms with E-state index >= 15 is 0 Å². The number of hydrogen-bond donors (Lipinski definition) is 2. The van der Waals surface area contributed by atoms with Gasteiger partial charge >= 0.3 is 0 Å². The number of H-pyrrole nitrogens is 1. The van der Waals surface area contributed by atoms with Gasteiger partial charge in [0.1, 0.15) is 5.82 Å². The normalized spacial score (nSPS) is 16.8. The third-order valence-corrected chi connectivity index (χ3v) is 3.33. The molecule has 100 valence electrons. The first-order valence-corrected chi connectivity index (χ1v) is 6.30. The van der Waals surface area contributed by atoms with Crippen LogP contribution in [0.5, 0.6) is 0 Å². The van der Waals surface area contributed by atoms with E-state index in [-0.39, 0.29) is 0 Å². The number of nitrogens with two attached hydrogens (primary N) is 1. The topological polar surface area (TPSA) is 87.0 Å². The predicted molar refractivity (Wildman–Crippen MR) is 73.7 cm³/mol. The summed E-state index contributed by atoms with van der Waals surface area (Å²) in [6.07, 6.45) is 1.70. The van der Waals surface area contributed by atoms with Gasteiger partial charge in [0, 0.05) is 38.4 Å². The molecular weight excluding hydrogens is 242 g/mol. The van der Waals surface area contributed by atoms with Crippen molar-refractivity contribution in [2.24, 2.45) is 0 Å². The summed E-state index contributed by atoms with van der Waals surface area (Å²) in [5.74, 6) is 1.17. The lowest BCUT2D eigenvalue weighted by Crippen LogP contribution is -2.44. The van der Waals surface area contributed by atoms with Gasteiger partial charge in [-0.1, -0.05) is 0 Å². The van der Waals surface area contributed by atoms with Crippen molar-refractivity contribution >= 4 is 11.8 Å². The SMILES string of the molecule is CN1CCN(c2cc(-c3ccn[nH]3)nc(N)n2)CC1. The van der Waals surface area contributed by atoms with E-state index in [1.165, 1.54) is 0 Å². The number of aromatic amines is 1. The van der Waals surface area contributed by atoms with Gasteiger partial charge < -0.3 is 15.5 Å². The Balaban J connectivity index is 1.90. The number of nitrogen functional groups attached to an aromatic ring is 1. The Hall–Kier alpha value is -2.15. The highest BCUT2D eigenvalue weighted by molar-refractivity contribution is 5.60. The third-order valence-electron chi connectivity index (χ3n) is 3.33. The van der Waals surface area contributed by atoms with Crippen molar-refractivity contribution in [3.05, 3.63) is 18.3 Å². The van der Waals surface area contributed by atoms with E-state index in [0.29, 0.717) is 5.95 Å². The van der Waals surface area contributed by atoms with Gasteiger partial charge in [-0.15, -0.1) is 0 Å². The summed E-state index contributed by atoms with van der Waals surface area (Å²) in [7, 11) is 2.13. The highest BCUT2D eigenvalue weighted by Crippen LogP contribution is 2.21. The van der Waals surface area contributed by atoms with Gasteiger partial charge in [0.2, 0.25) is 5.95 Å². The van der Waals surface area contributed by atoms with Gasteiger partial charge in [-0.3, -0.25) is 5.10 Å². The summed E-state index contributed by atoms with van der Waals surface area (Å²) < 4.78 is 0. The van der Waals surface area contributed by atoms with E-state index in [9.17, 15) is 0 Å². The molecule has 2 aromatic rings. The number of rotatable bonds is 2. The maximum Gasteiger partial charge on any atom is 0.222 e. The van der Waals surface area contributed by atoms with Crippen LogP contribution in [0, 0.1) is 0 Å². The lowest BCUT2D eigenvalue weighted by atomic mass is 10.2. The van der Waals surface area contributed by atoms with Crippen molar-refractivity contribution in [3.63, 3.8) is 0 Å². The Morgan fingerprint density at radius 3 is 2.68 bits per heavy atom. The highest BCUT2D eigenvalue weighted by atomic mass is 15.3. The van der Waals surface area contributed by atoms with E-state index in [2.05, 4.69) is 37.0 Å². The summed E-state index contributed by atoms with van der Waals surface area (Å²) in [4.78, 5) is 13.1. The van der Waals surface area contributed by atoms with Crippen molar-refractivity contribution in [2.75, 3.05) is 43.9 Å². The van der Waals surface area contributed by atoms with E-state index in [0.717, 1.165) is 43.4 Å². The van der Waals surface area contributed by atoms with Crippen molar-refractivity contribution in [3.8, 4) is 11.4 Å². The second kappa shape index (κ2) is 4.85. The second-order valence-electron chi connectivity index (χ2n) is 4.73. The van der Waals surface area contributed by atoms with Gasteiger partial charge in [-0.25, -0.2) is 4.98 Å². The minimum Gasteiger partial charge on any atom is -0.368 e. The number of hydrogen-bond acceptors (Lipinski definition) is 6. The minimum absolute atomic E-state index is 0.293. The molecule has 1 aliphatic heterocycles. The van der Waals surface area contributed by atoms with Crippen LogP contribution in [0.25, 0.3) is 11.4 Å². The summed E-state index contributed by atoms with van der Waals surface area (Å²) in [6, 6.07) is 3.82. The fourth-order valence-electron chi connectivity index (χ4n) is 2.19. The number of piperazine rings is 1. The Morgan fingerprint density at radius 1 is 1.21 bits per heavy atom. The molecule has 3 rings (SSSR count). The molecule has 0 amide bonds. The van der Waals surface area contributed by atoms with E-state index in [1.54, 1.807) is 6.20 Å². The quantitative estimate of drug-likeness (QED) is 0.801. The summed E-state index contributed by atoms with van der Waals surface area (Å²) in [5, 5.41) is 6.83. The molecule has 0 saturated carbocycles. The van der Waals surface area contributed by atoms with Crippen LogP contribution in [0.4, 0.5) is 11.8 Å². The van der Waals surface area contributed by atoms with Crippen LogP contribution in [-0.4, -0.2) is 58.3 Å². The number of likely N-dealkylation sites (N-methyl/N-ethyl adjacent to an activating group) is 1. The van der Waals surface area contributed by atoms with Crippen LogP contribution < -0.4 is 10.6 Å². The highest BCUT2D eigenvalue weighted by Gasteiger charge is 2.17. The van der Waals surface area contributed by atoms with E-state index < -0.39 is 0 Å². The molecule has 7 heteroatoms. The first-order valence-electron chi connectivity index (χ1n) is 6.30. The maximum atomic E-state index is 5.81. The van der Waals surface area contributed by atoms with Crippen molar-refractivity contribution in [1.29, 1.82) is 0 Å². The predicted octanol–water partition coefficient (Wildman–Crippen LogP) is 0.201. The number of anilines is 2. The smallest absolute Gasteiger partial charge is 0.222 e. The molecule has 0 unspecified atom stereocenters. The fraction of sp³-hybridized carbons (Fsp3) is 0.417. The Bertz CT molecular complexity index is 543. The molecule has 0 atom stereocenters. The molecule has 0 aliphatic carbocycles. The monoisotopic (exact) mass is 259 g/mol. The molecule has 1 saturated heterocycles. The van der Waals surface area contributed by atoms with Gasteiger partial charge in [0.15, 0.2) is 0 Å². The molecule has 0 bridgehead atoms. The molecule has 7 nitrogen and oxygen atoms in total. The van der Waals surface area contributed by atoms with Gasteiger partial charge in [-0.2, -0.15) is 10.1 Å². The standard InChI is InChI=1S/C12H17N7/c1-18-4-6-19(7-5-18)11-8-10(15-12(13)16-11)9-2-3-14-17-9/h2-3,8H,4-7H2,1H3,(H,14,17)(H2,13,15,16). The van der Waals surface area contributed by atoms with Crippen LogP contribution in [0.3, 0.4) is 0 Å². The third kappa shape index (κ3) is 2.50. The second-order valence-corrected chi connectivity index (χ2v) is 4.73. The van der Waals surface area contributed by atoms with Crippen LogP contribution >= 0.6 is 0 Å². The Labute approximate surface area is 111 Å². The molecule has 1 aliphatic rings. The zero-order valence-corrected chi connectivity index (χ0v) is 10.9. The van der Waals surface area contributed by atoms with Crippen LogP contribution in [0.2, 0.25) is 0 Å². The van der Waals surface area contributed by atoms with Gasteiger partial charge in [0.25, 0.3) is 0 Å². The average molecular weight is 259 g/mol. The average Bonchev–Trinajstić information content (AvgIpc) is 2.93. The maximum absolute atomic E-state index is 5.81. The van der Waals surface area contributed by atoms with Crippen molar-refractivity contribution < 1.29 is 0 Å². The molecule has 0 aromatic carbocycles. The molecular formula is C12H17N7. The minimum atomic E-state index is 0.293. The first kappa shape index (κ1) is 11.9. The van der Waals surface area contributed by atoms with Gasteiger partial charge in [-0.05, 0) is 13.1 Å². The molecule has 2 aromatic heterocycles.